The van der Waals surface area contributed by atoms with Crippen LogP contribution in [0, 0.1) is 5.92 Å². The Bertz CT molecular complexity index is 1550. The lowest BCUT2D eigenvalue weighted by molar-refractivity contribution is -0.119. The molecule has 1 atom stereocenters. The zero-order valence-corrected chi connectivity index (χ0v) is 21.9. The van der Waals surface area contributed by atoms with Gasteiger partial charge in [-0.15, -0.1) is 0 Å². The SMILES string of the molecule is COCCCN1C(=O)c2cccc3c(NC(=O)C4CCN(S(=O)(=O)c5ccc6c(c5)CCO6)C4)ccc1c23. The van der Waals surface area contributed by atoms with Gasteiger partial charge in [0, 0.05) is 61.8 Å². The number of anilines is 2. The van der Waals surface area contributed by atoms with E-state index in [1.165, 1.54) is 4.31 Å². The standard InChI is InChI=1S/C28H29N3O6S/c1-36-14-3-12-31-24-8-7-23(21-4-2-5-22(26(21)24)28(31)33)29-27(32)19-10-13-30(17-19)38(34,35)20-6-9-25-18(16-20)11-15-37-25/h2,4-9,16,19H,3,10-15,17H2,1H3,(H,29,32). The molecule has 3 aromatic rings. The summed E-state index contributed by atoms with van der Waals surface area (Å²) in [7, 11) is -2.08. The molecule has 2 amide bonds. The zero-order valence-electron chi connectivity index (χ0n) is 21.1. The van der Waals surface area contributed by atoms with Crippen molar-refractivity contribution in [2.75, 3.05) is 50.2 Å². The molecule has 1 N–H and O–H groups in total. The van der Waals surface area contributed by atoms with Crippen LogP contribution in [-0.2, 0) is 26.0 Å². The van der Waals surface area contributed by atoms with Crippen molar-refractivity contribution in [3.05, 3.63) is 59.7 Å². The van der Waals surface area contributed by atoms with E-state index in [0.717, 1.165) is 34.2 Å². The van der Waals surface area contributed by atoms with E-state index in [-0.39, 0.29) is 29.8 Å². The maximum absolute atomic E-state index is 13.3. The summed E-state index contributed by atoms with van der Waals surface area (Å²) in [5, 5.41) is 4.62. The minimum Gasteiger partial charge on any atom is -0.493 e. The number of carbonyl (C=O) groups is 2. The number of nitrogens with zero attached hydrogens (tertiary/aromatic N) is 2. The number of ether oxygens (including phenoxy) is 2. The van der Waals surface area contributed by atoms with Crippen molar-refractivity contribution in [2.45, 2.75) is 24.2 Å². The number of methoxy groups -OCH3 is 1. The summed E-state index contributed by atoms with van der Waals surface area (Å²) in [6.45, 7) is 2.07. The second-order valence-electron chi connectivity index (χ2n) is 9.87. The summed E-state index contributed by atoms with van der Waals surface area (Å²) in [4.78, 5) is 28.3. The van der Waals surface area contributed by atoms with Crippen LogP contribution in [0.15, 0.2) is 53.4 Å². The molecule has 3 aromatic carbocycles. The number of rotatable bonds is 8. The van der Waals surface area contributed by atoms with Gasteiger partial charge in [0.1, 0.15) is 5.75 Å². The molecule has 1 unspecified atom stereocenters. The molecule has 0 aliphatic carbocycles. The van der Waals surface area contributed by atoms with E-state index in [0.29, 0.717) is 43.9 Å². The molecule has 3 aliphatic rings. The first-order valence-corrected chi connectivity index (χ1v) is 14.3. The Balaban J connectivity index is 1.19. The Kier molecular flexibility index (Phi) is 6.33. The van der Waals surface area contributed by atoms with Crippen LogP contribution < -0.4 is 15.0 Å². The average molecular weight is 536 g/mol. The van der Waals surface area contributed by atoms with Crippen molar-refractivity contribution in [1.29, 1.82) is 0 Å². The van der Waals surface area contributed by atoms with Crippen LogP contribution >= 0.6 is 0 Å². The van der Waals surface area contributed by atoms with Gasteiger partial charge < -0.3 is 19.7 Å². The highest BCUT2D eigenvalue weighted by Crippen LogP contribution is 2.41. The second-order valence-corrected chi connectivity index (χ2v) is 11.8. The first-order chi connectivity index (χ1) is 18.4. The summed E-state index contributed by atoms with van der Waals surface area (Å²) in [6, 6.07) is 14.2. The number of hydrogen-bond donors (Lipinski definition) is 1. The summed E-state index contributed by atoms with van der Waals surface area (Å²) < 4.78 is 38.6. The first kappa shape index (κ1) is 24.8. The third kappa shape index (κ3) is 4.13. The van der Waals surface area contributed by atoms with Gasteiger partial charge in [0.15, 0.2) is 0 Å². The van der Waals surface area contributed by atoms with Gasteiger partial charge in [-0.2, -0.15) is 4.31 Å². The lowest BCUT2D eigenvalue weighted by Crippen LogP contribution is -2.31. The molecule has 10 heteroatoms. The fraction of sp³-hybridized carbons (Fsp3) is 0.357. The molecule has 0 aromatic heterocycles. The highest BCUT2D eigenvalue weighted by Gasteiger charge is 2.37. The number of nitrogens with one attached hydrogen (secondary N) is 1. The van der Waals surface area contributed by atoms with E-state index in [2.05, 4.69) is 5.32 Å². The van der Waals surface area contributed by atoms with Crippen molar-refractivity contribution in [2.24, 2.45) is 5.92 Å². The zero-order chi connectivity index (χ0) is 26.4. The molecule has 6 rings (SSSR count). The fourth-order valence-corrected chi connectivity index (χ4v) is 7.16. The molecule has 0 radical (unpaired) electrons. The van der Waals surface area contributed by atoms with Gasteiger partial charge in [0.05, 0.1) is 23.1 Å². The van der Waals surface area contributed by atoms with Gasteiger partial charge >= 0.3 is 0 Å². The van der Waals surface area contributed by atoms with Crippen LogP contribution in [0.1, 0.15) is 28.8 Å². The molecular weight excluding hydrogens is 506 g/mol. The van der Waals surface area contributed by atoms with E-state index in [1.54, 1.807) is 36.3 Å². The third-order valence-corrected chi connectivity index (χ3v) is 9.45. The van der Waals surface area contributed by atoms with Crippen molar-refractivity contribution in [3.8, 4) is 5.75 Å². The average Bonchev–Trinajstić information content (AvgIpc) is 3.66. The molecule has 198 valence electrons. The van der Waals surface area contributed by atoms with Crippen LogP contribution in [-0.4, -0.2) is 64.5 Å². The molecule has 3 aliphatic heterocycles. The van der Waals surface area contributed by atoms with E-state index in [9.17, 15) is 18.0 Å². The largest absolute Gasteiger partial charge is 0.493 e. The number of fused-ring (bicyclic) bond motifs is 1. The van der Waals surface area contributed by atoms with Crippen LogP contribution in [0.4, 0.5) is 11.4 Å². The van der Waals surface area contributed by atoms with Crippen LogP contribution in [0.2, 0.25) is 0 Å². The van der Waals surface area contributed by atoms with Gasteiger partial charge in [0.25, 0.3) is 5.91 Å². The highest BCUT2D eigenvalue weighted by atomic mass is 32.2. The summed E-state index contributed by atoms with van der Waals surface area (Å²) in [5.74, 6) is -0.0301. The molecule has 0 saturated carbocycles. The fourth-order valence-electron chi connectivity index (χ4n) is 5.61. The number of amides is 2. The van der Waals surface area contributed by atoms with Gasteiger partial charge in [-0.1, -0.05) is 12.1 Å². The lowest BCUT2D eigenvalue weighted by atomic mass is 10.0. The van der Waals surface area contributed by atoms with E-state index in [1.807, 2.05) is 24.3 Å². The Morgan fingerprint density at radius 2 is 2.05 bits per heavy atom. The Morgan fingerprint density at radius 3 is 2.89 bits per heavy atom. The summed E-state index contributed by atoms with van der Waals surface area (Å²) in [6.07, 6.45) is 1.84. The quantitative estimate of drug-likeness (QED) is 0.443. The van der Waals surface area contributed by atoms with Gasteiger partial charge in [-0.25, -0.2) is 8.42 Å². The molecule has 1 fully saturated rings. The predicted octanol–water partition coefficient (Wildman–Crippen LogP) is 3.42. The normalized spacial score (nSPS) is 18.7. The minimum atomic E-state index is -3.71. The van der Waals surface area contributed by atoms with Crippen LogP contribution in [0.5, 0.6) is 5.75 Å². The van der Waals surface area contributed by atoms with E-state index < -0.39 is 15.9 Å². The molecule has 1 saturated heterocycles. The van der Waals surface area contributed by atoms with Crippen molar-refractivity contribution < 1.29 is 27.5 Å². The van der Waals surface area contributed by atoms with Crippen LogP contribution in [0.3, 0.4) is 0 Å². The van der Waals surface area contributed by atoms with Crippen molar-refractivity contribution in [1.82, 2.24) is 4.31 Å². The van der Waals surface area contributed by atoms with Crippen LogP contribution in [0.25, 0.3) is 10.8 Å². The monoisotopic (exact) mass is 535 g/mol. The number of hydrogen-bond acceptors (Lipinski definition) is 6. The lowest BCUT2D eigenvalue weighted by Gasteiger charge is -2.19. The minimum absolute atomic E-state index is 0.0556. The Labute approximate surface area is 221 Å². The Hall–Kier alpha value is -3.47. The van der Waals surface area contributed by atoms with Crippen molar-refractivity contribution >= 4 is 44.0 Å². The van der Waals surface area contributed by atoms with E-state index >= 15 is 0 Å². The highest BCUT2D eigenvalue weighted by molar-refractivity contribution is 7.89. The maximum Gasteiger partial charge on any atom is 0.258 e. The molecule has 0 spiro atoms. The number of benzene rings is 3. The van der Waals surface area contributed by atoms with Crippen molar-refractivity contribution in [3.63, 3.8) is 0 Å². The third-order valence-electron chi connectivity index (χ3n) is 7.59. The van der Waals surface area contributed by atoms with Gasteiger partial charge in [-0.3, -0.25) is 9.59 Å². The smallest absolute Gasteiger partial charge is 0.258 e. The maximum atomic E-state index is 13.3. The Morgan fingerprint density at radius 1 is 1.18 bits per heavy atom. The molecular formula is C28H29N3O6S. The van der Waals surface area contributed by atoms with Gasteiger partial charge in [-0.05, 0) is 54.8 Å². The number of sulfonamides is 1. The molecule has 3 heterocycles. The second kappa shape index (κ2) is 9.68. The van der Waals surface area contributed by atoms with E-state index in [4.69, 9.17) is 9.47 Å². The topological polar surface area (TPSA) is 105 Å². The van der Waals surface area contributed by atoms with Gasteiger partial charge in [0.2, 0.25) is 15.9 Å². The first-order valence-electron chi connectivity index (χ1n) is 12.8. The molecule has 0 bridgehead atoms. The number of carbonyl (C=O) groups excluding carboxylic acids is 2. The predicted molar refractivity (Wildman–Crippen MR) is 143 cm³/mol. The molecule has 9 nitrogen and oxygen atoms in total. The molecule has 38 heavy (non-hydrogen) atoms. The summed E-state index contributed by atoms with van der Waals surface area (Å²) >= 11 is 0. The summed E-state index contributed by atoms with van der Waals surface area (Å²) in [5.41, 5.74) is 2.95.